The van der Waals surface area contributed by atoms with Crippen LogP contribution >= 0.6 is 0 Å². The number of nitrogens with zero attached hydrogens (tertiary/aromatic N) is 1. The van der Waals surface area contributed by atoms with Gasteiger partial charge in [0.2, 0.25) is 0 Å². The second kappa shape index (κ2) is 4.48. The van der Waals surface area contributed by atoms with E-state index in [-0.39, 0.29) is 0 Å². The van der Waals surface area contributed by atoms with Crippen molar-refractivity contribution in [1.29, 1.82) is 0 Å². The molecule has 19 heavy (non-hydrogen) atoms. The van der Waals surface area contributed by atoms with Crippen LogP contribution in [0.3, 0.4) is 0 Å². The Hall–Kier alpha value is -1.64. The lowest BCUT2D eigenvalue weighted by Gasteiger charge is -2.42. The van der Waals surface area contributed by atoms with Gasteiger partial charge in [0.15, 0.2) is 5.72 Å². The fourth-order valence-electron chi connectivity index (χ4n) is 2.90. The minimum Gasteiger partial charge on any atom is -0.367 e. The van der Waals surface area contributed by atoms with E-state index in [0.717, 1.165) is 24.1 Å². The van der Waals surface area contributed by atoms with Crippen LogP contribution in [0.1, 0.15) is 22.3 Å². The molecule has 1 heterocycles. The summed E-state index contributed by atoms with van der Waals surface area (Å²) in [6, 6.07) is 16.3. The van der Waals surface area contributed by atoms with Crippen LogP contribution in [0.4, 0.5) is 0 Å². The molecule has 0 bridgehead atoms. The number of hydrogen-bond donors (Lipinski definition) is 1. The molecular formula is C17H19NO. The van der Waals surface area contributed by atoms with Gasteiger partial charge in [-0.05, 0) is 26.0 Å². The summed E-state index contributed by atoms with van der Waals surface area (Å²) in [7, 11) is 1.98. The van der Waals surface area contributed by atoms with Gasteiger partial charge in [-0.25, -0.2) is 0 Å². The summed E-state index contributed by atoms with van der Waals surface area (Å²) in [4.78, 5) is 2.03. The minimum absolute atomic E-state index is 0.862. The van der Waals surface area contributed by atoms with Crippen LogP contribution in [0, 0.1) is 6.92 Å². The van der Waals surface area contributed by atoms with E-state index in [1.807, 2.05) is 42.3 Å². The van der Waals surface area contributed by atoms with Crippen molar-refractivity contribution in [2.45, 2.75) is 19.1 Å². The van der Waals surface area contributed by atoms with Crippen molar-refractivity contribution in [3.05, 3.63) is 70.8 Å². The van der Waals surface area contributed by atoms with E-state index >= 15 is 0 Å². The number of hydrogen-bond acceptors (Lipinski definition) is 2. The topological polar surface area (TPSA) is 23.5 Å². The third kappa shape index (κ3) is 1.88. The average molecular weight is 253 g/mol. The SMILES string of the molecule is Cc1ccc(C2(O)c3ccccc3CCN2C)cc1. The number of aryl methyl sites for hydroxylation is 1. The predicted octanol–water partition coefficient (Wildman–Crippen LogP) is 2.68. The molecule has 0 amide bonds. The van der Waals surface area contributed by atoms with Crippen molar-refractivity contribution in [2.24, 2.45) is 0 Å². The molecule has 0 fully saturated rings. The normalized spacial score (nSPS) is 23.1. The molecule has 1 aliphatic heterocycles. The van der Waals surface area contributed by atoms with Gasteiger partial charge in [0.05, 0.1) is 0 Å². The lowest BCUT2D eigenvalue weighted by molar-refractivity contribution is -0.0729. The predicted molar refractivity (Wildman–Crippen MR) is 77.0 cm³/mol. The fraction of sp³-hybridized carbons (Fsp3) is 0.294. The van der Waals surface area contributed by atoms with Gasteiger partial charge in [-0.2, -0.15) is 0 Å². The maximum absolute atomic E-state index is 11.3. The Morgan fingerprint density at radius 3 is 2.47 bits per heavy atom. The van der Waals surface area contributed by atoms with E-state index in [0.29, 0.717) is 0 Å². The molecule has 1 aliphatic rings. The number of likely N-dealkylation sites (N-methyl/N-ethyl adjacent to an activating group) is 1. The number of fused-ring (bicyclic) bond motifs is 1. The van der Waals surface area contributed by atoms with Crippen LogP contribution in [0.25, 0.3) is 0 Å². The zero-order valence-electron chi connectivity index (χ0n) is 11.4. The van der Waals surface area contributed by atoms with E-state index < -0.39 is 5.72 Å². The smallest absolute Gasteiger partial charge is 0.171 e. The van der Waals surface area contributed by atoms with Crippen LogP contribution in [-0.4, -0.2) is 23.6 Å². The van der Waals surface area contributed by atoms with Gasteiger partial charge in [-0.1, -0.05) is 54.1 Å². The summed E-state index contributed by atoms with van der Waals surface area (Å²) in [5.41, 5.74) is 3.38. The number of rotatable bonds is 1. The molecule has 2 aromatic rings. The second-order valence-corrected chi connectivity index (χ2v) is 5.37. The van der Waals surface area contributed by atoms with E-state index in [1.54, 1.807) is 0 Å². The van der Waals surface area contributed by atoms with Gasteiger partial charge in [-0.15, -0.1) is 0 Å². The molecule has 0 aromatic heterocycles. The monoisotopic (exact) mass is 253 g/mol. The van der Waals surface area contributed by atoms with Gasteiger partial charge >= 0.3 is 0 Å². The molecule has 3 rings (SSSR count). The third-order valence-corrected chi connectivity index (χ3v) is 4.12. The highest BCUT2D eigenvalue weighted by Crippen LogP contribution is 2.37. The first-order chi connectivity index (χ1) is 9.12. The summed E-state index contributed by atoms with van der Waals surface area (Å²) in [6.45, 7) is 2.92. The Balaban J connectivity index is 2.18. The molecule has 0 saturated carbocycles. The zero-order chi connectivity index (χ0) is 13.5. The zero-order valence-corrected chi connectivity index (χ0v) is 11.4. The van der Waals surface area contributed by atoms with Crippen LogP contribution in [0.5, 0.6) is 0 Å². The van der Waals surface area contributed by atoms with E-state index in [4.69, 9.17) is 0 Å². The Morgan fingerprint density at radius 1 is 1.05 bits per heavy atom. The van der Waals surface area contributed by atoms with Crippen molar-refractivity contribution >= 4 is 0 Å². The first kappa shape index (κ1) is 12.4. The number of aliphatic hydroxyl groups is 1. The first-order valence-electron chi connectivity index (χ1n) is 6.71. The Morgan fingerprint density at radius 2 is 1.74 bits per heavy atom. The van der Waals surface area contributed by atoms with Crippen LogP contribution in [0.2, 0.25) is 0 Å². The molecular weight excluding hydrogens is 234 g/mol. The third-order valence-electron chi connectivity index (χ3n) is 4.12. The van der Waals surface area contributed by atoms with Crippen molar-refractivity contribution in [3.8, 4) is 0 Å². The molecule has 0 aliphatic carbocycles. The van der Waals surface area contributed by atoms with Crippen LogP contribution < -0.4 is 0 Å². The van der Waals surface area contributed by atoms with Gasteiger partial charge in [0, 0.05) is 17.7 Å². The highest BCUT2D eigenvalue weighted by Gasteiger charge is 2.40. The van der Waals surface area contributed by atoms with Gasteiger partial charge < -0.3 is 5.11 Å². The molecule has 0 radical (unpaired) electrons. The summed E-state index contributed by atoms with van der Waals surface area (Å²) < 4.78 is 0. The van der Waals surface area contributed by atoms with E-state index in [2.05, 4.69) is 25.1 Å². The van der Waals surface area contributed by atoms with E-state index in [9.17, 15) is 5.11 Å². The molecule has 2 aromatic carbocycles. The van der Waals surface area contributed by atoms with Crippen molar-refractivity contribution in [2.75, 3.05) is 13.6 Å². The summed E-state index contributed by atoms with van der Waals surface area (Å²) in [5, 5.41) is 11.3. The molecule has 2 heteroatoms. The van der Waals surface area contributed by atoms with Crippen LogP contribution in [0.15, 0.2) is 48.5 Å². The quantitative estimate of drug-likeness (QED) is 0.844. The Kier molecular flexibility index (Phi) is 2.92. The lowest BCUT2D eigenvalue weighted by Crippen LogP contribution is -2.49. The maximum Gasteiger partial charge on any atom is 0.171 e. The van der Waals surface area contributed by atoms with Crippen molar-refractivity contribution in [3.63, 3.8) is 0 Å². The largest absolute Gasteiger partial charge is 0.367 e. The van der Waals surface area contributed by atoms with Gasteiger partial charge in [0.25, 0.3) is 0 Å². The summed E-state index contributed by atoms with van der Waals surface area (Å²) >= 11 is 0. The molecule has 98 valence electrons. The Bertz CT molecular complexity index is 590. The van der Waals surface area contributed by atoms with Crippen LogP contribution in [-0.2, 0) is 12.1 Å². The second-order valence-electron chi connectivity index (χ2n) is 5.37. The van der Waals surface area contributed by atoms with Crippen molar-refractivity contribution < 1.29 is 5.11 Å². The molecule has 0 spiro atoms. The van der Waals surface area contributed by atoms with Gasteiger partial charge in [-0.3, -0.25) is 4.90 Å². The Labute approximate surface area is 114 Å². The van der Waals surface area contributed by atoms with Gasteiger partial charge in [0.1, 0.15) is 0 Å². The molecule has 1 atom stereocenters. The summed E-state index contributed by atoms with van der Waals surface area (Å²) in [5.74, 6) is 0. The van der Waals surface area contributed by atoms with E-state index in [1.165, 1.54) is 11.1 Å². The molecule has 1 N–H and O–H groups in total. The summed E-state index contributed by atoms with van der Waals surface area (Å²) in [6.07, 6.45) is 0.987. The van der Waals surface area contributed by atoms with Crippen molar-refractivity contribution in [1.82, 2.24) is 4.90 Å². The molecule has 2 nitrogen and oxygen atoms in total. The molecule has 1 unspecified atom stereocenters. The average Bonchev–Trinajstić information content (AvgIpc) is 2.44. The highest BCUT2D eigenvalue weighted by molar-refractivity contribution is 5.42. The first-order valence-corrected chi connectivity index (χ1v) is 6.71. The standard InChI is InChI=1S/C17H19NO/c1-13-7-9-15(10-8-13)17(19)16-6-4-3-5-14(16)11-12-18(17)2/h3-10,19H,11-12H2,1-2H3. The number of benzene rings is 2. The lowest BCUT2D eigenvalue weighted by atomic mass is 9.85. The minimum atomic E-state index is -1.01. The molecule has 0 saturated heterocycles. The highest BCUT2D eigenvalue weighted by atomic mass is 16.3. The maximum atomic E-state index is 11.3. The fourth-order valence-corrected chi connectivity index (χ4v) is 2.90.